The van der Waals surface area contributed by atoms with E-state index in [9.17, 15) is 4.79 Å². The Labute approximate surface area is 86.9 Å². The fourth-order valence-electron chi connectivity index (χ4n) is 1.22. The molecule has 2 rings (SSSR count). The van der Waals surface area contributed by atoms with Gasteiger partial charge in [-0.15, -0.1) is 10.2 Å². The molecule has 0 atom stereocenters. The number of carbonyl (C=O) groups is 1. The van der Waals surface area contributed by atoms with Crippen molar-refractivity contribution in [2.75, 3.05) is 0 Å². The van der Waals surface area contributed by atoms with Crippen molar-refractivity contribution in [3.05, 3.63) is 35.7 Å². The summed E-state index contributed by atoms with van der Waals surface area (Å²) in [7, 11) is 0. The molecule has 0 unspecified atom stereocenters. The van der Waals surface area contributed by atoms with Crippen LogP contribution in [0.3, 0.4) is 0 Å². The molecule has 0 spiro atoms. The largest absolute Gasteiger partial charge is 0.421 e. The second kappa shape index (κ2) is 4.04. The number of nitrogens with zero attached hydrogens (tertiary/aromatic N) is 2. The number of aldehydes is 1. The van der Waals surface area contributed by atoms with Crippen LogP contribution in [0.4, 0.5) is 0 Å². The Morgan fingerprint density at radius 2 is 2.00 bits per heavy atom. The number of carbonyl (C=O) groups excluding carboxylic acids is 1. The van der Waals surface area contributed by atoms with E-state index in [1.807, 2.05) is 6.92 Å². The average molecular weight is 202 g/mol. The standard InChI is InChI=1S/C11H10N2O2/c1-2-10-12-13-11(15-10)9-5-3-8(7-14)4-6-9/h3-7H,2H2,1H3. The minimum Gasteiger partial charge on any atom is -0.421 e. The third-order valence-corrected chi connectivity index (χ3v) is 2.06. The van der Waals surface area contributed by atoms with E-state index in [0.29, 0.717) is 17.3 Å². The molecule has 0 fully saturated rings. The Bertz CT molecular complexity index is 460. The molecule has 1 aromatic heterocycles. The molecular weight excluding hydrogens is 192 g/mol. The number of hydrogen-bond acceptors (Lipinski definition) is 4. The topological polar surface area (TPSA) is 56.0 Å². The molecule has 4 heteroatoms. The van der Waals surface area contributed by atoms with Gasteiger partial charge in [0.05, 0.1) is 0 Å². The van der Waals surface area contributed by atoms with Gasteiger partial charge in [0.25, 0.3) is 0 Å². The summed E-state index contributed by atoms with van der Waals surface area (Å²) in [5, 5.41) is 7.78. The SMILES string of the molecule is CCc1nnc(-c2ccc(C=O)cc2)o1. The summed E-state index contributed by atoms with van der Waals surface area (Å²) < 4.78 is 5.38. The summed E-state index contributed by atoms with van der Waals surface area (Å²) >= 11 is 0. The quantitative estimate of drug-likeness (QED) is 0.715. The van der Waals surface area contributed by atoms with E-state index in [0.717, 1.165) is 18.3 Å². The predicted octanol–water partition coefficient (Wildman–Crippen LogP) is 2.11. The van der Waals surface area contributed by atoms with Crippen LogP contribution in [-0.2, 0) is 6.42 Å². The van der Waals surface area contributed by atoms with Gasteiger partial charge in [0, 0.05) is 17.5 Å². The maximum absolute atomic E-state index is 10.5. The molecule has 4 nitrogen and oxygen atoms in total. The summed E-state index contributed by atoms with van der Waals surface area (Å²) in [6.45, 7) is 1.95. The first kappa shape index (κ1) is 9.58. The van der Waals surface area contributed by atoms with Gasteiger partial charge in [-0.1, -0.05) is 19.1 Å². The molecule has 0 aliphatic carbocycles. The Hall–Kier alpha value is -1.97. The zero-order valence-electron chi connectivity index (χ0n) is 8.30. The van der Waals surface area contributed by atoms with E-state index < -0.39 is 0 Å². The van der Waals surface area contributed by atoms with Crippen molar-refractivity contribution in [2.45, 2.75) is 13.3 Å². The van der Waals surface area contributed by atoms with Gasteiger partial charge in [-0.3, -0.25) is 4.79 Å². The van der Waals surface area contributed by atoms with Gasteiger partial charge in [-0.05, 0) is 12.1 Å². The molecule has 0 N–H and O–H groups in total. The molecule has 1 aromatic carbocycles. The lowest BCUT2D eigenvalue weighted by molar-refractivity contribution is 0.112. The summed E-state index contributed by atoms with van der Waals surface area (Å²) in [4.78, 5) is 10.5. The van der Waals surface area contributed by atoms with Gasteiger partial charge in [0.2, 0.25) is 11.8 Å². The zero-order chi connectivity index (χ0) is 10.7. The van der Waals surface area contributed by atoms with Crippen LogP contribution in [-0.4, -0.2) is 16.5 Å². The van der Waals surface area contributed by atoms with Gasteiger partial charge < -0.3 is 4.42 Å². The maximum Gasteiger partial charge on any atom is 0.247 e. The highest BCUT2D eigenvalue weighted by Gasteiger charge is 2.06. The van der Waals surface area contributed by atoms with Crippen LogP contribution in [0.5, 0.6) is 0 Å². The van der Waals surface area contributed by atoms with Crippen molar-refractivity contribution < 1.29 is 9.21 Å². The van der Waals surface area contributed by atoms with Crippen molar-refractivity contribution in [1.82, 2.24) is 10.2 Å². The lowest BCUT2D eigenvalue weighted by Gasteiger charge is -1.94. The molecule has 0 radical (unpaired) electrons. The number of aromatic nitrogens is 2. The molecule has 2 aromatic rings. The van der Waals surface area contributed by atoms with E-state index in [2.05, 4.69) is 10.2 Å². The summed E-state index contributed by atoms with van der Waals surface area (Å²) in [5.41, 5.74) is 1.46. The van der Waals surface area contributed by atoms with E-state index in [4.69, 9.17) is 4.42 Å². The molecule has 1 heterocycles. The highest BCUT2D eigenvalue weighted by molar-refractivity contribution is 5.75. The van der Waals surface area contributed by atoms with Gasteiger partial charge in [0.1, 0.15) is 6.29 Å². The second-order valence-corrected chi connectivity index (χ2v) is 3.09. The molecular formula is C11H10N2O2. The van der Waals surface area contributed by atoms with Gasteiger partial charge in [-0.25, -0.2) is 0 Å². The first-order valence-corrected chi connectivity index (χ1v) is 4.71. The Morgan fingerprint density at radius 1 is 1.27 bits per heavy atom. The van der Waals surface area contributed by atoms with Crippen LogP contribution in [0.25, 0.3) is 11.5 Å². The number of aryl methyl sites for hydroxylation is 1. The Balaban J connectivity index is 2.32. The fraction of sp³-hybridized carbons (Fsp3) is 0.182. The van der Waals surface area contributed by atoms with Crippen molar-refractivity contribution in [3.8, 4) is 11.5 Å². The number of benzene rings is 1. The highest BCUT2D eigenvalue weighted by Crippen LogP contribution is 2.17. The smallest absolute Gasteiger partial charge is 0.247 e. The molecule has 15 heavy (non-hydrogen) atoms. The van der Waals surface area contributed by atoms with Gasteiger partial charge >= 0.3 is 0 Å². The van der Waals surface area contributed by atoms with Crippen molar-refractivity contribution in [1.29, 1.82) is 0 Å². The maximum atomic E-state index is 10.5. The monoisotopic (exact) mass is 202 g/mol. The normalized spacial score (nSPS) is 10.2. The van der Waals surface area contributed by atoms with Crippen LogP contribution in [0.15, 0.2) is 28.7 Å². The molecule has 0 amide bonds. The molecule has 0 saturated heterocycles. The fourth-order valence-corrected chi connectivity index (χ4v) is 1.22. The molecule has 0 aliphatic rings. The minimum absolute atomic E-state index is 0.490. The van der Waals surface area contributed by atoms with Crippen LogP contribution in [0.1, 0.15) is 23.2 Å². The highest BCUT2D eigenvalue weighted by atomic mass is 16.4. The molecule has 0 bridgehead atoms. The van der Waals surface area contributed by atoms with Gasteiger partial charge in [-0.2, -0.15) is 0 Å². The van der Waals surface area contributed by atoms with Crippen molar-refractivity contribution in [2.24, 2.45) is 0 Å². The van der Waals surface area contributed by atoms with Gasteiger partial charge in [0.15, 0.2) is 0 Å². The van der Waals surface area contributed by atoms with E-state index >= 15 is 0 Å². The predicted molar refractivity (Wildman–Crippen MR) is 54.5 cm³/mol. The zero-order valence-corrected chi connectivity index (χ0v) is 8.30. The molecule has 76 valence electrons. The lowest BCUT2D eigenvalue weighted by atomic mass is 10.1. The third kappa shape index (κ3) is 1.93. The molecule has 0 saturated carbocycles. The van der Waals surface area contributed by atoms with Crippen LogP contribution in [0, 0.1) is 0 Å². The van der Waals surface area contributed by atoms with E-state index in [1.54, 1.807) is 24.3 Å². The van der Waals surface area contributed by atoms with Crippen LogP contribution < -0.4 is 0 Å². The van der Waals surface area contributed by atoms with Crippen LogP contribution in [0.2, 0.25) is 0 Å². The van der Waals surface area contributed by atoms with E-state index in [1.165, 1.54) is 0 Å². The third-order valence-electron chi connectivity index (χ3n) is 2.06. The van der Waals surface area contributed by atoms with Crippen molar-refractivity contribution in [3.63, 3.8) is 0 Å². The molecule has 0 aliphatic heterocycles. The Kier molecular flexibility index (Phi) is 2.58. The first-order valence-electron chi connectivity index (χ1n) is 4.71. The lowest BCUT2D eigenvalue weighted by Crippen LogP contribution is -1.81. The second-order valence-electron chi connectivity index (χ2n) is 3.09. The number of rotatable bonds is 3. The summed E-state index contributed by atoms with van der Waals surface area (Å²) in [6.07, 6.45) is 1.52. The average Bonchev–Trinajstić information content (AvgIpc) is 2.78. The Morgan fingerprint density at radius 3 is 2.53 bits per heavy atom. The minimum atomic E-state index is 0.490. The summed E-state index contributed by atoms with van der Waals surface area (Å²) in [6, 6.07) is 7.02. The number of hydrogen-bond donors (Lipinski definition) is 0. The van der Waals surface area contributed by atoms with Crippen molar-refractivity contribution >= 4 is 6.29 Å². The first-order chi connectivity index (χ1) is 7.33. The van der Waals surface area contributed by atoms with Crippen LogP contribution >= 0.6 is 0 Å². The summed E-state index contributed by atoms with van der Waals surface area (Å²) in [5.74, 6) is 1.11. The van der Waals surface area contributed by atoms with E-state index in [-0.39, 0.29) is 0 Å².